The molecular weight excluding hydrogens is 221 g/mol. The molecule has 0 saturated carbocycles. The Kier molecular flexibility index (Phi) is 5.05. The van der Waals surface area contributed by atoms with Gasteiger partial charge in [0.05, 0.1) is 12.2 Å². The lowest BCUT2D eigenvalue weighted by molar-refractivity contribution is 0.00111. The van der Waals surface area contributed by atoms with Gasteiger partial charge < -0.3 is 15.5 Å². The monoisotopic (exact) mass is 241 g/mol. The number of hydrogen-bond donors (Lipinski definition) is 3. The molecule has 0 spiro atoms. The molecule has 0 aromatic heterocycles. The van der Waals surface area contributed by atoms with Crippen LogP contribution in [-0.2, 0) is 6.42 Å². The van der Waals surface area contributed by atoms with Crippen molar-refractivity contribution in [3.8, 4) is 0 Å². The highest BCUT2D eigenvalue weighted by Gasteiger charge is 2.19. The lowest BCUT2D eigenvalue weighted by atomic mass is 10.0. The molecule has 0 heterocycles. The molecule has 3 N–H and O–H groups in total. The fourth-order valence-electron chi connectivity index (χ4n) is 1.54. The van der Waals surface area contributed by atoms with Crippen LogP contribution >= 0.6 is 0 Å². The van der Waals surface area contributed by atoms with Gasteiger partial charge in [-0.25, -0.2) is 4.39 Å². The molecule has 0 bridgehead atoms. The average Bonchev–Trinajstić information content (AvgIpc) is 2.27. The third kappa shape index (κ3) is 5.26. The third-order valence-corrected chi connectivity index (χ3v) is 2.60. The molecule has 0 aliphatic heterocycles. The quantitative estimate of drug-likeness (QED) is 0.699. The van der Waals surface area contributed by atoms with Crippen LogP contribution in [0.5, 0.6) is 0 Å². The van der Waals surface area contributed by atoms with Crippen molar-refractivity contribution in [2.24, 2.45) is 0 Å². The number of aliphatic hydroxyl groups excluding tert-OH is 1. The van der Waals surface area contributed by atoms with Gasteiger partial charge in [-0.15, -0.1) is 0 Å². The number of aliphatic hydroxyl groups is 2. The van der Waals surface area contributed by atoms with E-state index in [1.54, 1.807) is 13.0 Å². The summed E-state index contributed by atoms with van der Waals surface area (Å²) in [5.41, 5.74) is -0.204. The summed E-state index contributed by atoms with van der Waals surface area (Å²) in [6.45, 7) is 3.54. The summed E-state index contributed by atoms with van der Waals surface area (Å²) < 4.78 is 13.0. The van der Waals surface area contributed by atoms with Crippen molar-refractivity contribution in [1.29, 1.82) is 0 Å². The smallest absolute Gasteiger partial charge is 0.123 e. The van der Waals surface area contributed by atoms with Crippen LogP contribution in [0.3, 0.4) is 0 Å². The number of benzene rings is 1. The van der Waals surface area contributed by atoms with Gasteiger partial charge in [-0.3, -0.25) is 0 Å². The van der Waals surface area contributed by atoms with Crippen molar-refractivity contribution in [2.75, 3.05) is 13.2 Å². The molecule has 0 amide bonds. The summed E-state index contributed by atoms with van der Waals surface area (Å²) in [4.78, 5) is 0. The van der Waals surface area contributed by atoms with E-state index in [-0.39, 0.29) is 18.5 Å². The zero-order valence-corrected chi connectivity index (χ0v) is 10.3. The zero-order valence-electron chi connectivity index (χ0n) is 10.3. The maximum Gasteiger partial charge on any atom is 0.123 e. The van der Waals surface area contributed by atoms with E-state index in [0.29, 0.717) is 13.0 Å². The highest BCUT2D eigenvalue weighted by atomic mass is 19.1. The van der Waals surface area contributed by atoms with Gasteiger partial charge in [0.2, 0.25) is 0 Å². The first-order valence-corrected chi connectivity index (χ1v) is 5.74. The highest BCUT2D eigenvalue weighted by Crippen LogP contribution is 2.07. The molecule has 4 heteroatoms. The number of rotatable bonds is 6. The maximum atomic E-state index is 13.0. The Morgan fingerprint density at radius 2 is 2.18 bits per heavy atom. The summed E-state index contributed by atoms with van der Waals surface area (Å²) in [6.07, 6.45) is 0.680. The van der Waals surface area contributed by atoms with Gasteiger partial charge >= 0.3 is 0 Å². The summed E-state index contributed by atoms with van der Waals surface area (Å²) >= 11 is 0. The van der Waals surface area contributed by atoms with Gasteiger partial charge in [0.1, 0.15) is 5.82 Å². The van der Waals surface area contributed by atoms with E-state index in [4.69, 9.17) is 5.11 Å². The molecule has 0 aliphatic rings. The van der Waals surface area contributed by atoms with Crippen molar-refractivity contribution in [3.63, 3.8) is 0 Å². The molecule has 17 heavy (non-hydrogen) atoms. The Morgan fingerprint density at radius 3 is 2.76 bits per heavy atom. The fourth-order valence-corrected chi connectivity index (χ4v) is 1.54. The average molecular weight is 241 g/mol. The highest BCUT2D eigenvalue weighted by molar-refractivity contribution is 5.17. The Bertz CT molecular complexity index is 355. The zero-order chi connectivity index (χ0) is 12.9. The molecule has 0 fully saturated rings. The summed E-state index contributed by atoms with van der Waals surface area (Å²) in [6, 6.07) is 6.57. The van der Waals surface area contributed by atoms with E-state index in [1.807, 2.05) is 13.0 Å². The molecule has 0 saturated heterocycles. The minimum atomic E-state index is -1.11. The van der Waals surface area contributed by atoms with Gasteiger partial charge in [0, 0.05) is 12.6 Å². The Hall–Kier alpha value is -0.970. The van der Waals surface area contributed by atoms with Gasteiger partial charge in [-0.1, -0.05) is 12.1 Å². The first-order valence-electron chi connectivity index (χ1n) is 5.74. The molecule has 0 radical (unpaired) electrons. The second-order valence-electron chi connectivity index (χ2n) is 4.77. The number of hydrogen-bond acceptors (Lipinski definition) is 3. The SMILES string of the molecule is CC(Cc1cccc(F)c1)NCC(C)(O)CO. The summed E-state index contributed by atoms with van der Waals surface area (Å²) in [7, 11) is 0. The second-order valence-corrected chi connectivity index (χ2v) is 4.77. The number of nitrogens with one attached hydrogen (secondary N) is 1. The molecule has 1 rings (SSSR count). The predicted octanol–water partition coefficient (Wildman–Crippen LogP) is 1.09. The fraction of sp³-hybridized carbons (Fsp3) is 0.538. The number of halogens is 1. The first-order chi connectivity index (χ1) is 7.93. The van der Waals surface area contributed by atoms with Crippen LogP contribution in [0, 0.1) is 5.82 Å². The van der Waals surface area contributed by atoms with Crippen LogP contribution < -0.4 is 5.32 Å². The maximum absolute atomic E-state index is 13.0. The van der Waals surface area contributed by atoms with Gasteiger partial charge in [-0.2, -0.15) is 0 Å². The van der Waals surface area contributed by atoms with Crippen molar-refractivity contribution in [3.05, 3.63) is 35.6 Å². The van der Waals surface area contributed by atoms with E-state index in [0.717, 1.165) is 5.56 Å². The topological polar surface area (TPSA) is 52.5 Å². The van der Waals surface area contributed by atoms with E-state index < -0.39 is 5.60 Å². The molecule has 1 aromatic carbocycles. The molecular formula is C13H20FNO2. The molecule has 2 atom stereocenters. The summed E-state index contributed by atoms with van der Waals surface area (Å²) in [5.74, 6) is -0.239. The molecule has 2 unspecified atom stereocenters. The van der Waals surface area contributed by atoms with Crippen molar-refractivity contribution in [1.82, 2.24) is 5.32 Å². The van der Waals surface area contributed by atoms with Crippen molar-refractivity contribution >= 4 is 0 Å². The molecule has 1 aromatic rings. The minimum Gasteiger partial charge on any atom is -0.393 e. The van der Waals surface area contributed by atoms with Crippen molar-refractivity contribution < 1.29 is 14.6 Å². The van der Waals surface area contributed by atoms with E-state index in [2.05, 4.69) is 5.32 Å². The molecule has 3 nitrogen and oxygen atoms in total. The normalized spacial score (nSPS) is 16.5. The predicted molar refractivity (Wildman–Crippen MR) is 65.3 cm³/mol. The van der Waals surface area contributed by atoms with Crippen LogP contribution in [0.1, 0.15) is 19.4 Å². The van der Waals surface area contributed by atoms with E-state index in [9.17, 15) is 9.50 Å². The van der Waals surface area contributed by atoms with Crippen LogP contribution in [0.2, 0.25) is 0 Å². The first kappa shape index (κ1) is 14.1. The second kappa shape index (κ2) is 6.10. The van der Waals surface area contributed by atoms with Gasteiger partial charge in [-0.05, 0) is 38.0 Å². The van der Waals surface area contributed by atoms with E-state index in [1.165, 1.54) is 12.1 Å². The Labute approximate surface area is 101 Å². The van der Waals surface area contributed by atoms with Crippen LogP contribution in [-0.4, -0.2) is 35.0 Å². The standard InChI is InChI=1S/C13H20FNO2/c1-10(15-8-13(2,17)9-16)6-11-4-3-5-12(14)7-11/h3-5,7,10,15-17H,6,8-9H2,1-2H3. The molecule has 96 valence electrons. The summed E-state index contributed by atoms with van der Waals surface area (Å²) in [5, 5.41) is 21.6. The third-order valence-electron chi connectivity index (χ3n) is 2.60. The Morgan fingerprint density at radius 1 is 1.47 bits per heavy atom. The van der Waals surface area contributed by atoms with E-state index >= 15 is 0 Å². The van der Waals surface area contributed by atoms with Crippen molar-refractivity contribution in [2.45, 2.75) is 31.9 Å². The van der Waals surface area contributed by atoms with Crippen LogP contribution in [0.15, 0.2) is 24.3 Å². The Balaban J connectivity index is 2.42. The lowest BCUT2D eigenvalue weighted by Gasteiger charge is -2.23. The minimum absolute atomic E-state index is 0.106. The van der Waals surface area contributed by atoms with Crippen LogP contribution in [0.25, 0.3) is 0 Å². The lowest BCUT2D eigenvalue weighted by Crippen LogP contribution is -2.44. The van der Waals surface area contributed by atoms with Gasteiger partial charge in [0.15, 0.2) is 0 Å². The largest absolute Gasteiger partial charge is 0.393 e. The van der Waals surface area contributed by atoms with Crippen LogP contribution in [0.4, 0.5) is 4.39 Å². The van der Waals surface area contributed by atoms with Gasteiger partial charge in [0.25, 0.3) is 0 Å². The molecule has 0 aliphatic carbocycles.